The third kappa shape index (κ3) is 5.81. The van der Waals surface area contributed by atoms with Gasteiger partial charge in [0.1, 0.15) is 6.29 Å². The molecule has 0 aliphatic rings. The Morgan fingerprint density at radius 2 is 1.88 bits per heavy atom. The van der Waals surface area contributed by atoms with Gasteiger partial charge in [0.15, 0.2) is 11.6 Å². The Bertz CT molecular complexity index is 1210. The second kappa shape index (κ2) is 11.8. The van der Waals surface area contributed by atoms with E-state index in [1.807, 2.05) is 5.82 Å². The fourth-order valence-corrected chi connectivity index (χ4v) is 3.40. The monoisotopic (exact) mass is 454 g/mol. The average molecular weight is 454 g/mol. The smallest absolute Gasteiger partial charge is 0.159 e. The zero-order valence-electron chi connectivity index (χ0n) is 17.2. The van der Waals surface area contributed by atoms with Gasteiger partial charge in [-0.15, -0.1) is 0 Å². The standard InChI is InChI=1S/C22H17F2N4OP.CH4O/c1-13(22(26)14-2-3-17(23)18(24)8-14)19-4-5-20-21(28-19)9-15(11-27-20)16(10-25)12-30-7-6-29;1-2/h2-6,8-12,25-26,30H,1,7H2;2H,1H3/b16-12+,25-10?,26-22?;. The highest BCUT2D eigenvalue weighted by Crippen LogP contribution is 2.24. The number of aliphatic hydroxyl groups excluding tert-OH is 1. The molecule has 0 saturated heterocycles. The Hall–Kier alpha value is -3.48. The molecule has 2 heterocycles. The van der Waals surface area contributed by atoms with E-state index in [0.29, 0.717) is 34.0 Å². The van der Waals surface area contributed by atoms with Gasteiger partial charge in [0, 0.05) is 48.0 Å². The predicted molar refractivity (Wildman–Crippen MR) is 126 cm³/mol. The molecule has 0 aliphatic heterocycles. The maximum atomic E-state index is 13.5. The Balaban J connectivity index is 0.00000176. The molecule has 3 N–H and O–H groups in total. The summed E-state index contributed by atoms with van der Waals surface area (Å²) in [5, 5.41) is 22.9. The van der Waals surface area contributed by atoms with Gasteiger partial charge in [-0.05, 0) is 36.4 Å². The van der Waals surface area contributed by atoms with Gasteiger partial charge < -0.3 is 15.3 Å². The van der Waals surface area contributed by atoms with E-state index < -0.39 is 11.6 Å². The lowest BCUT2D eigenvalue weighted by Gasteiger charge is -2.10. The summed E-state index contributed by atoms with van der Waals surface area (Å²) in [5.74, 6) is -0.207. The van der Waals surface area contributed by atoms with Crippen LogP contribution in [0.2, 0.25) is 0 Å². The number of halogens is 2. The van der Waals surface area contributed by atoms with Crippen LogP contribution >= 0.6 is 8.58 Å². The molecule has 0 bridgehead atoms. The van der Waals surface area contributed by atoms with Crippen LogP contribution in [0, 0.1) is 22.5 Å². The minimum absolute atomic E-state index is 0.0694. The van der Waals surface area contributed by atoms with Crippen molar-refractivity contribution in [3.8, 4) is 0 Å². The van der Waals surface area contributed by atoms with Crippen molar-refractivity contribution in [2.45, 2.75) is 0 Å². The number of rotatable bonds is 8. The largest absolute Gasteiger partial charge is 0.400 e. The third-order valence-electron chi connectivity index (χ3n) is 4.30. The van der Waals surface area contributed by atoms with E-state index in [1.165, 1.54) is 12.3 Å². The van der Waals surface area contributed by atoms with Crippen molar-refractivity contribution in [2.75, 3.05) is 13.3 Å². The number of hydrogen-bond donors (Lipinski definition) is 3. The van der Waals surface area contributed by atoms with E-state index in [-0.39, 0.29) is 25.4 Å². The van der Waals surface area contributed by atoms with Crippen molar-refractivity contribution < 1.29 is 18.7 Å². The number of allylic oxidation sites excluding steroid dienone is 2. The second-order valence-corrected chi connectivity index (χ2v) is 7.37. The summed E-state index contributed by atoms with van der Waals surface area (Å²) in [6, 6.07) is 8.38. The van der Waals surface area contributed by atoms with Crippen LogP contribution in [-0.2, 0) is 4.79 Å². The number of aliphatic hydroxyl groups is 1. The molecule has 0 aliphatic carbocycles. The van der Waals surface area contributed by atoms with Crippen LogP contribution in [0.5, 0.6) is 0 Å². The average Bonchev–Trinajstić information content (AvgIpc) is 2.83. The Labute approximate surface area is 185 Å². The maximum absolute atomic E-state index is 13.5. The SMILES string of the molecule is C=C(C(=N)c1ccc(F)c(F)c1)c1ccc2ncc(/C(C=N)=C/PCC=O)cc2n1.CO. The van der Waals surface area contributed by atoms with Gasteiger partial charge in [-0.2, -0.15) is 0 Å². The van der Waals surface area contributed by atoms with Crippen molar-refractivity contribution in [1.29, 1.82) is 10.8 Å². The number of pyridine rings is 2. The molecule has 6 nitrogen and oxygen atoms in total. The van der Waals surface area contributed by atoms with Crippen molar-refractivity contribution in [3.05, 3.63) is 83.4 Å². The lowest BCUT2D eigenvalue weighted by atomic mass is 10.0. The molecule has 3 rings (SSSR count). The Morgan fingerprint density at radius 1 is 1.12 bits per heavy atom. The molecule has 1 atom stereocenters. The number of hydrogen-bond acceptors (Lipinski definition) is 6. The first kappa shape index (κ1) is 24.8. The fraction of sp³-hybridized carbons (Fsp3) is 0.0870. The number of aldehydes is 1. The predicted octanol–water partition coefficient (Wildman–Crippen LogP) is 4.47. The first-order chi connectivity index (χ1) is 15.4. The quantitative estimate of drug-likeness (QED) is 0.202. The van der Waals surface area contributed by atoms with Crippen LogP contribution in [0.1, 0.15) is 16.8 Å². The van der Waals surface area contributed by atoms with Gasteiger partial charge in [-0.25, -0.2) is 13.8 Å². The third-order valence-corrected chi connectivity index (χ3v) is 5.22. The van der Waals surface area contributed by atoms with Crippen molar-refractivity contribution in [3.63, 3.8) is 0 Å². The van der Waals surface area contributed by atoms with Gasteiger partial charge in [0.25, 0.3) is 0 Å². The van der Waals surface area contributed by atoms with E-state index in [0.717, 1.165) is 25.5 Å². The summed E-state index contributed by atoms with van der Waals surface area (Å²) in [6.45, 7) is 3.88. The zero-order valence-corrected chi connectivity index (χ0v) is 18.2. The number of nitrogens with one attached hydrogen (secondary N) is 2. The van der Waals surface area contributed by atoms with E-state index in [2.05, 4.69) is 16.5 Å². The second-order valence-electron chi connectivity index (χ2n) is 6.26. The topological polar surface area (TPSA) is 111 Å². The molecule has 0 spiro atoms. The maximum Gasteiger partial charge on any atom is 0.159 e. The van der Waals surface area contributed by atoms with E-state index >= 15 is 0 Å². The number of carbonyl (C=O) groups excluding carboxylic acids is 1. The molecule has 0 amide bonds. The van der Waals surface area contributed by atoms with Crippen LogP contribution in [0.4, 0.5) is 8.78 Å². The summed E-state index contributed by atoms with van der Waals surface area (Å²) in [4.78, 5) is 19.4. The number of nitrogens with zero attached hydrogens (tertiary/aromatic N) is 2. The molecule has 164 valence electrons. The molecule has 0 saturated carbocycles. The van der Waals surface area contributed by atoms with E-state index in [9.17, 15) is 13.6 Å². The van der Waals surface area contributed by atoms with Gasteiger partial charge in [-0.1, -0.05) is 21.0 Å². The lowest BCUT2D eigenvalue weighted by Crippen LogP contribution is -2.05. The minimum atomic E-state index is -1.04. The van der Waals surface area contributed by atoms with Gasteiger partial charge in [-0.3, -0.25) is 10.4 Å². The number of aromatic nitrogens is 2. The van der Waals surface area contributed by atoms with Gasteiger partial charge in [0.2, 0.25) is 0 Å². The highest BCUT2D eigenvalue weighted by atomic mass is 31.1. The molecule has 32 heavy (non-hydrogen) atoms. The number of fused-ring (bicyclic) bond motifs is 1. The summed E-state index contributed by atoms with van der Waals surface area (Å²) in [6.07, 6.45) is 4.05. The highest BCUT2D eigenvalue weighted by Gasteiger charge is 2.13. The molecule has 0 radical (unpaired) electrons. The molecule has 1 unspecified atom stereocenters. The van der Waals surface area contributed by atoms with Gasteiger partial charge in [0.05, 0.1) is 22.4 Å². The normalized spacial score (nSPS) is 11.2. The van der Waals surface area contributed by atoms with E-state index in [1.54, 1.807) is 24.4 Å². The molecular formula is C23H21F2N4O2P. The first-order valence-electron chi connectivity index (χ1n) is 9.27. The number of carbonyl (C=O) groups is 1. The molecular weight excluding hydrogens is 433 g/mol. The summed E-state index contributed by atoms with van der Waals surface area (Å²) in [5.41, 5.74) is 3.25. The first-order valence-corrected chi connectivity index (χ1v) is 10.6. The van der Waals surface area contributed by atoms with Gasteiger partial charge >= 0.3 is 0 Å². The summed E-state index contributed by atoms with van der Waals surface area (Å²) < 4.78 is 26.7. The Morgan fingerprint density at radius 3 is 2.53 bits per heavy atom. The highest BCUT2D eigenvalue weighted by molar-refractivity contribution is 7.43. The molecule has 0 fully saturated rings. The van der Waals surface area contributed by atoms with Crippen LogP contribution in [-0.4, -0.2) is 46.6 Å². The molecule has 2 aromatic heterocycles. The number of benzene rings is 1. The zero-order chi connectivity index (χ0) is 23.7. The minimum Gasteiger partial charge on any atom is -0.400 e. The van der Waals surface area contributed by atoms with Crippen LogP contribution in [0.15, 0.2) is 55.0 Å². The van der Waals surface area contributed by atoms with Crippen LogP contribution in [0.3, 0.4) is 0 Å². The lowest BCUT2D eigenvalue weighted by molar-refractivity contribution is -0.105. The van der Waals surface area contributed by atoms with Crippen LogP contribution < -0.4 is 0 Å². The van der Waals surface area contributed by atoms with Crippen molar-refractivity contribution >= 4 is 49.0 Å². The van der Waals surface area contributed by atoms with Crippen LogP contribution in [0.25, 0.3) is 22.2 Å². The van der Waals surface area contributed by atoms with Crippen molar-refractivity contribution in [2.24, 2.45) is 0 Å². The molecule has 9 heteroatoms. The van der Waals surface area contributed by atoms with Crippen molar-refractivity contribution in [1.82, 2.24) is 9.97 Å². The molecule has 1 aromatic carbocycles. The summed E-state index contributed by atoms with van der Waals surface area (Å²) >= 11 is 0. The van der Waals surface area contributed by atoms with E-state index in [4.69, 9.17) is 15.9 Å². The Kier molecular flexibility index (Phi) is 9.13. The fourth-order valence-electron chi connectivity index (χ4n) is 2.71. The molecule has 3 aromatic rings. The summed E-state index contributed by atoms with van der Waals surface area (Å²) in [7, 11) is 1.26.